The molecule has 0 heterocycles. The normalized spacial score (nSPS) is 13.0. The second kappa shape index (κ2) is 14.2. The molecular weight excluding hydrogens is 462 g/mol. The predicted octanol–water partition coefficient (Wildman–Crippen LogP) is 5.64. The fourth-order valence-corrected chi connectivity index (χ4v) is 4.60. The highest BCUT2D eigenvalue weighted by atomic mass is 32.2. The Morgan fingerprint density at radius 2 is 1.66 bits per heavy atom. The minimum Gasteiger partial charge on any atom is -0.497 e. The Morgan fingerprint density at radius 3 is 2.34 bits per heavy atom. The average molecular weight is 494 g/mol. The maximum absolute atomic E-state index is 12.4. The summed E-state index contributed by atoms with van der Waals surface area (Å²) in [7, 11) is 0.774. The first-order valence-electron chi connectivity index (χ1n) is 11.3. The van der Waals surface area contributed by atoms with Crippen LogP contribution < -0.4 is 4.74 Å². The molecule has 0 aliphatic rings. The van der Waals surface area contributed by atoms with Gasteiger partial charge in [-0.1, -0.05) is 83.0 Å². The van der Waals surface area contributed by atoms with E-state index in [0.717, 1.165) is 27.3 Å². The average Bonchev–Trinajstić information content (AvgIpc) is 2.88. The largest absolute Gasteiger partial charge is 0.497 e. The number of hydrogen-bond donors (Lipinski definition) is 1. The van der Waals surface area contributed by atoms with Gasteiger partial charge in [0, 0.05) is 10.6 Å². The molecule has 0 saturated carbocycles. The van der Waals surface area contributed by atoms with Gasteiger partial charge < -0.3 is 19.3 Å². The van der Waals surface area contributed by atoms with Gasteiger partial charge in [-0.15, -0.1) is 4.36 Å². The van der Waals surface area contributed by atoms with Gasteiger partial charge in [-0.2, -0.15) is 0 Å². The zero-order valence-electron chi connectivity index (χ0n) is 20.0. The van der Waals surface area contributed by atoms with Crippen molar-refractivity contribution < 1.29 is 24.1 Å². The maximum atomic E-state index is 12.4. The Kier molecular flexibility index (Phi) is 10.7. The van der Waals surface area contributed by atoms with Gasteiger partial charge in [0.1, 0.15) is 12.4 Å². The molecule has 6 nitrogen and oxygen atoms in total. The molecule has 0 saturated heterocycles. The first kappa shape index (κ1) is 26.3. The van der Waals surface area contributed by atoms with E-state index < -0.39 is 22.9 Å². The van der Waals surface area contributed by atoms with Crippen molar-refractivity contribution in [3.63, 3.8) is 0 Å². The zero-order chi connectivity index (χ0) is 24.9. The van der Waals surface area contributed by atoms with Crippen molar-refractivity contribution in [3.8, 4) is 5.75 Å². The van der Waals surface area contributed by atoms with E-state index in [0.29, 0.717) is 13.2 Å². The summed E-state index contributed by atoms with van der Waals surface area (Å²) in [5.74, 6) is 1.08. The minimum atomic E-state index is -0.858. The SMILES string of the molecule is COc1ccc(COC/C=C\[C@H](O)C/S(=N/C(=O)OCc2ccccc2)c2ccc(C)cc2)cc1. The van der Waals surface area contributed by atoms with E-state index in [9.17, 15) is 9.90 Å². The fraction of sp³-hybridized carbons (Fsp3) is 0.250. The van der Waals surface area contributed by atoms with Crippen LogP contribution in [0.2, 0.25) is 0 Å². The molecule has 1 N–H and O–H groups in total. The van der Waals surface area contributed by atoms with Crippen LogP contribution in [0.1, 0.15) is 16.7 Å². The molecule has 0 aliphatic heterocycles. The second-order valence-corrected chi connectivity index (χ2v) is 9.55. The van der Waals surface area contributed by atoms with Gasteiger partial charge in [0.2, 0.25) is 0 Å². The van der Waals surface area contributed by atoms with Gasteiger partial charge in [0.05, 0.1) is 26.4 Å². The van der Waals surface area contributed by atoms with Crippen LogP contribution in [-0.2, 0) is 33.4 Å². The number of rotatable bonds is 11. The number of aliphatic hydroxyl groups is 1. The smallest absolute Gasteiger partial charge is 0.440 e. The van der Waals surface area contributed by atoms with Crippen molar-refractivity contribution in [1.82, 2.24) is 0 Å². The Bertz CT molecular complexity index is 1110. The minimum absolute atomic E-state index is 0.155. The van der Waals surface area contributed by atoms with Crippen LogP contribution >= 0.6 is 0 Å². The van der Waals surface area contributed by atoms with Gasteiger partial charge >= 0.3 is 6.09 Å². The van der Waals surface area contributed by atoms with Gasteiger partial charge in [-0.05, 0) is 42.3 Å². The van der Waals surface area contributed by atoms with Crippen LogP contribution in [0.25, 0.3) is 0 Å². The van der Waals surface area contributed by atoms with Gasteiger partial charge in [0.15, 0.2) is 0 Å². The van der Waals surface area contributed by atoms with Gasteiger partial charge in [-0.3, -0.25) is 0 Å². The highest BCUT2D eigenvalue weighted by Gasteiger charge is 2.11. The lowest BCUT2D eigenvalue weighted by atomic mass is 10.2. The molecule has 0 radical (unpaired) electrons. The van der Waals surface area contributed by atoms with E-state index in [1.165, 1.54) is 0 Å². The first-order valence-corrected chi connectivity index (χ1v) is 12.6. The summed E-state index contributed by atoms with van der Waals surface area (Å²) in [6, 6.07) is 24.9. The van der Waals surface area contributed by atoms with Crippen molar-refractivity contribution >= 4 is 16.8 Å². The van der Waals surface area contributed by atoms with E-state index in [-0.39, 0.29) is 12.4 Å². The van der Waals surface area contributed by atoms with Crippen LogP contribution in [0.4, 0.5) is 4.79 Å². The van der Waals surface area contributed by atoms with Crippen LogP contribution in [0.3, 0.4) is 0 Å². The number of ether oxygens (including phenoxy) is 3. The molecule has 0 fully saturated rings. The summed E-state index contributed by atoms with van der Waals surface area (Å²) in [5, 5.41) is 10.6. The third-order valence-electron chi connectivity index (χ3n) is 5.01. The van der Waals surface area contributed by atoms with E-state index in [2.05, 4.69) is 4.36 Å². The standard InChI is InChI=1S/C28H31NO5S/c1-22-10-16-27(17-11-22)35(29-28(31)34-20-23-7-4-3-5-8-23)21-25(30)9-6-18-33-19-24-12-14-26(32-2)15-13-24/h3-17,25,30H,18-21H2,1-2H3/b9-6-/t25-,35?/m0/s1. The molecule has 3 aromatic rings. The molecule has 2 atom stereocenters. The van der Waals surface area contributed by atoms with Crippen molar-refractivity contribution in [2.75, 3.05) is 19.5 Å². The zero-order valence-corrected chi connectivity index (χ0v) is 20.8. The molecule has 7 heteroatoms. The van der Waals surface area contributed by atoms with Crippen molar-refractivity contribution in [2.24, 2.45) is 4.36 Å². The summed E-state index contributed by atoms with van der Waals surface area (Å²) in [5.41, 5.74) is 3.04. The molecule has 0 aromatic heterocycles. The number of carbonyl (C=O) groups excluding carboxylic acids is 1. The number of hydrogen-bond acceptors (Lipinski definition) is 5. The summed E-state index contributed by atoms with van der Waals surface area (Å²) < 4.78 is 20.4. The number of nitrogens with zero attached hydrogens (tertiary/aromatic N) is 1. The predicted molar refractivity (Wildman–Crippen MR) is 139 cm³/mol. The molecule has 1 amide bonds. The highest BCUT2D eigenvalue weighted by Crippen LogP contribution is 2.14. The van der Waals surface area contributed by atoms with E-state index in [4.69, 9.17) is 14.2 Å². The molecule has 3 aromatic carbocycles. The first-order chi connectivity index (χ1) is 17.0. The number of aliphatic hydroxyl groups excluding tert-OH is 1. The number of benzene rings is 3. The summed E-state index contributed by atoms with van der Waals surface area (Å²) >= 11 is 0. The highest BCUT2D eigenvalue weighted by molar-refractivity contribution is 7.87. The van der Waals surface area contributed by atoms with E-state index in [1.807, 2.05) is 85.8 Å². The number of aryl methyl sites for hydroxylation is 1. The van der Waals surface area contributed by atoms with Gasteiger partial charge in [0.25, 0.3) is 0 Å². The number of carbonyl (C=O) groups is 1. The van der Waals surface area contributed by atoms with E-state index >= 15 is 0 Å². The van der Waals surface area contributed by atoms with Crippen molar-refractivity contribution in [2.45, 2.75) is 31.1 Å². The summed E-state index contributed by atoms with van der Waals surface area (Å²) in [6.45, 7) is 2.97. The molecular formula is C28H31NO5S. The molecule has 0 spiro atoms. The fourth-order valence-electron chi connectivity index (χ4n) is 3.11. The molecule has 184 valence electrons. The Morgan fingerprint density at radius 1 is 0.971 bits per heavy atom. The molecule has 0 aliphatic carbocycles. The molecule has 35 heavy (non-hydrogen) atoms. The quantitative estimate of drug-likeness (QED) is 0.276. The summed E-state index contributed by atoms with van der Waals surface area (Å²) in [6.07, 6.45) is 2.03. The lowest BCUT2D eigenvalue weighted by Crippen LogP contribution is -2.16. The third kappa shape index (κ3) is 9.48. The Balaban J connectivity index is 1.55. The Labute approximate surface area is 209 Å². The van der Waals surface area contributed by atoms with E-state index in [1.54, 1.807) is 19.3 Å². The number of methoxy groups -OCH3 is 1. The lowest BCUT2D eigenvalue weighted by Gasteiger charge is -2.12. The van der Waals surface area contributed by atoms with Crippen LogP contribution in [0.5, 0.6) is 5.75 Å². The monoisotopic (exact) mass is 493 g/mol. The van der Waals surface area contributed by atoms with Crippen LogP contribution in [0.15, 0.2) is 100 Å². The Hall–Kier alpha value is -3.26. The van der Waals surface area contributed by atoms with Crippen molar-refractivity contribution in [3.05, 3.63) is 108 Å². The lowest BCUT2D eigenvalue weighted by molar-refractivity contribution is 0.147. The van der Waals surface area contributed by atoms with Crippen LogP contribution in [0, 0.1) is 6.92 Å². The maximum Gasteiger partial charge on any atom is 0.440 e. The summed E-state index contributed by atoms with van der Waals surface area (Å²) in [4.78, 5) is 13.3. The third-order valence-corrected chi connectivity index (χ3v) is 6.85. The second-order valence-electron chi connectivity index (χ2n) is 7.83. The molecule has 0 bridgehead atoms. The topological polar surface area (TPSA) is 77.4 Å². The molecule has 1 unspecified atom stereocenters. The van der Waals surface area contributed by atoms with Gasteiger partial charge in [-0.25, -0.2) is 4.79 Å². The molecule has 3 rings (SSSR count). The van der Waals surface area contributed by atoms with Crippen molar-refractivity contribution in [1.29, 1.82) is 0 Å². The number of amides is 1. The van der Waals surface area contributed by atoms with Crippen LogP contribution in [-0.4, -0.2) is 36.8 Å².